The molecule has 2 atom stereocenters. The first-order valence-corrected chi connectivity index (χ1v) is 7.17. The number of aliphatic hydroxyl groups excluding tert-OH is 1. The second-order valence-electron chi connectivity index (χ2n) is 5.50. The Bertz CT molecular complexity index is 552. The van der Waals surface area contributed by atoms with Crippen LogP contribution in [0.1, 0.15) is 42.9 Å². The van der Waals surface area contributed by atoms with Crippen LogP contribution in [0.4, 0.5) is 4.79 Å². The van der Waals surface area contributed by atoms with E-state index in [0.717, 1.165) is 42.4 Å². The summed E-state index contributed by atoms with van der Waals surface area (Å²) < 4.78 is 0. The zero-order valence-electron chi connectivity index (χ0n) is 11.3. The average Bonchev–Trinajstić information content (AvgIpc) is 2.64. The molecule has 1 heterocycles. The Kier molecular flexibility index (Phi) is 3.49. The molecular formula is C16H19NO3. The summed E-state index contributed by atoms with van der Waals surface area (Å²) >= 11 is 0. The van der Waals surface area contributed by atoms with Gasteiger partial charge < -0.3 is 15.1 Å². The lowest BCUT2D eigenvalue weighted by Gasteiger charge is -2.29. The highest BCUT2D eigenvalue weighted by molar-refractivity contribution is 5.80. The van der Waals surface area contributed by atoms with Crippen molar-refractivity contribution in [2.75, 3.05) is 6.54 Å². The molecule has 1 fully saturated rings. The quantitative estimate of drug-likeness (QED) is 0.826. The fourth-order valence-electron chi connectivity index (χ4n) is 3.32. The van der Waals surface area contributed by atoms with E-state index in [1.54, 1.807) is 0 Å². The topological polar surface area (TPSA) is 60.8 Å². The van der Waals surface area contributed by atoms with Crippen LogP contribution in [0.2, 0.25) is 0 Å². The number of fused-ring (bicyclic) bond motifs is 1. The van der Waals surface area contributed by atoms with Crippen LogP contribution in [0.5, 0.6) is 0 Å². The molecule has 1 aromatic rings. The minimum atomic E-state index is -0.864. The van der Waals surface area contributed by atoms with Crippen LogP contribution in [0.3, 0.4) is 0 Å². The van der Waals surface area contributed by atoms with Crippen LogP contribution in [0, 0.1) is 0 Å². The molecule has 1 aliphatic heterocycles. The van der Waals surface area contributed by atoms with Crippen LogP contribution in [-0.4, -0.2) is 33.8 Å². The second kappa shape index (κ2) is 5.29. The molecule has 4 heteroatoms. The fraction of sp³-hybridized carbons (Fsp3) is 0.438. The number of nitrogens with zero attached hydrogens (tertiary/aromatic N) is 1. The maximum atomic E-state index is 11.5. The highest BCUT2D eigenvalue weighted by Crippen LogP contribution is 2.39. The van der Waals surface area contributed by atoms with Crippen molar-refractivity contribution in [2.45, 2.75) is 37.8 Å². The predicted octanol–water partition coefficient (Wildman–Crippen LogP) is 3.04. The van der Waals surface area contributed by atoms with Gasteiger partial charge in [-0.25, -0.2) is 4.79 Å². The third-order valence-electron chi connectivity index (χ3n) is 4.29. The standard InChI is InChI=1S/C16H19NO3/c18-15-10-13(11-6-3-4-7-12(11)15)14-8-2-1-5-9-17(14)16(19)20/h3-4,6-7,10,14-15,18H,1-2,5,8-9H2,(H,19,20). The SMILES string of the molecule is O=C(O)N1CCCCCC1C1=CC(O)c2ccccc21. The summed E-state index contributed by atoms with van der Waals surface area (Å²) in [4.78, 5) is 13.0. The van der Waals surface area contributed by atoms with Gasteiger partial charge in [0.15, 0.2) is 0 Å². The van der Waals surface area contributed by atoms with Gasteiger partial charge in [-0.1, -0.05) is 37.1 Å². The Morgan fingerprint density at radius 1 is 1.20 bits per heavy atom. The Morgan fingerprint density at radius 3 is 2.80 bits per heavy atom. The molecule has 2 unspecified atom stereocenters. The van der Waals surface area contributed by atoms with Crippen molar-refractivity contribution in [1.29, 1.82) is 0 Å². The van der Waals surface area contributed by atoms with Gasteiger partial charge in [-0.2, -0.15) is 0 Å². The number of benzene rings is 1. The molecule has 3 rings (SSSR count). The Balaban J connectivity index is 1.98. The summed E-state index contributed by atoms with van der Waals surface area (Å²) in [5, 5.41) is 19.6. The number of hydrogen-bond donors (Lipinski definition) is 2. The lowest BCUT2D eigenvalue weighted by atomic mass is 9.95. The van der Waals surface area contributed by atoms with E-state index in [1.165, 1.54) is 4.90 Å². The second-order valence-corrected chi connectivity index (χ2v) is 5.50. The smallest absolute Gasteiger partial charge is 0.407 e. The maximum Gasteiger partial charge on any atom is 0.407 e. The van der Waals surface area contributed by atoms with Gasteiger partial charge in [-0.3, -0.25) is 0 Å². The van der Waals surface area contributed by atoms with E-state index in [0.29, 0.717) is 6.54 Å². The summed E-state index contributed by atoms with van der Waals surface area (Å²) in [6.45, 7) is 0.579. The number of amides is 1. The van der Waals surface area contributed by atoms with Gasteiger partial charge in [-0.15, -0.1) is 0 Å². The van der Waals surface area contributed by atoms with Gasteiger partial charge in [0.25, 0.3) is 0 Å². The summed E-state index contributed by atoms with van der Waals surface area (Å²) in [7, 11) is 0. The largest absolute Gasteiger partial charge is 0.465 e. The normalized spacial score (nSPS) is 25.9. The van der Waals surface area contributed by atoms with Crippen molar-refractivity contribution >= 4 is 11.7 Å². The van der Waals surface area contributed by atoms with Crippen LogP contribution in [0.25, 0.3) is 5.57 Å². The highest BCUT2D eigenvalue weighted by atomic mass is 16.4. The van der Waals surface area contributed by atoms with E-state index in [-0.39, 0.29) is 6.04 Å². The monoisotopic (exact) mass is 273 g/mol. The van der Waals surface area contributed by atoms with Gasteiger partial charge in [0.1, 0.15) is 0 Å². The lowest BCUT2D eigenvalue weighted by molar-refractivity contribution is 0.137. The molecule has 1 saturated heterocycles. The van der Waals surface area contributed by atoms with E-state index in [2.05, 4.69) is 0 Å². The molecule has 1 aromatic carbocycles. The molecule has 4 nitrogen and oxygen atoms in total. The number of likely N-dealkylation sites (tertiary alicyclic amines) is 1. The summed E-state index contributed by atoms with van der Waals surface area (Å²) in [5.74, 6) is 0. The van der Waals surface area contributed by atoms with Gasteiger partial charge in [0.05, 0.1) is 12.1 Å². The molecule has 2 N–H and O–H groups in total. The molecule has 20 heavy (non-hydrogen) atoms. The van der Waals surface area contributed by atoms with E-state index in [4.69, 9.17) is 0 Å². The van der Waals surface area contributed by atoms with Crippen molar-refractivity contribution in [2.24, 2.45) is 0 Å². The number of rotatable bonds is 1. The molecule has 106 valence electrons. The van der Waals surface area contributed by atoms with Gasteiger partial charge in [-0.05, 0) is 35.6 Å². The zero-order chi connectivity index (χ0) is 14.1. The van der Waals surface area contributed by atoms with Crippen molar-refractivity contribution in [3.05, 3.63) is 41.5 Å². The lowest BCUT2D eigenvalue weighted by Crippen LogP contribution is -2.39. The summed E-state index contributed by atoms with van der Waals surface area (Å²) in [5.41, 5.74) is 2.85. The molecule has 0 spiro atoms. The molecule has 1 amide bonds. The van der Waals surface area contributed by atoms with E-state index in [1.807, 2.05) is 30.3 Å². The molecule has 0 saturated carbocycles. The van der Waals surface area contributed by atoms with Crippen LogP contribution < -0.4 is 0 Å². The third-order valence-corrected chi connectivity index (χ3v) is 4.29. The Hall–Kier alpha value is -1.81. The van der Waals surface area contributed by atoms with Gasteiger partial charge in [0, 0.05) is 6.54 Å². The minimum absolute atomic E-state index is 0.131. The number of carboxylic acid groups (broad SMARTS) is 1. The predicted molar refractivity (Wildman–Crippen MR) is 76.4 cm³/mol. The van der Waals surface area contributed by atoms with Crippen molar-refractivity contribution in [1.82, 2.24) is 4.90 Å². The number of carbonyl (C=O) groups is 1. The maximum absolute atomic E-state index is 11.5. The van der Waals surface area contributed by atoms with Crippen molar-refractivity contribution in [3.8, 4) is 0 Å². The average molecular weight is 273 g/mol. The molecule has 0 bridgehead atoms. The Morgan fingerprint density at radius 2 is 2.00 bits per heavy atom. The van der Waals surface area contributed by atoms with E-state index < -0.39 is 12.2 Å². The van der Waals surface area contributed by atoms with Crippen LogP contribution >= 0.6 is 0 Å². The van der Waals surface area contributed by atoms with Crippen LogP contribution in [0.15, 0.2) is 30.3 Å². The Labute approximate surface area is 118 Å². The molecule has 1 aliphatic carbocycles. The third kappa shape index (κ3) is 2.20. The van der Waals surface area contributed by atoms with Gasteiger partial charge in [0.2, 0.25) is 0 Å². The van der Waals surface area contributed by atoms with E-state index in [9.17, 15) is 15.0 Å². The zero-order valence-corrected chi connectivity index (χ0v) is 11.3. The first-order chi connectivity index (χ1) is 9.68. The van der Waals surface area contributed by atoms with Crippen molar-refractivity contribution in [3.63, 3.8) is 0 Å². The number of hydrogen-bond acceptors (Lipinski definition) is 2. The fourth-order valence-corrected chi connectivity index (χ4v) is 3.32. The first kappa shape index (κ1) is 13.2. The molecule has 0 radical (unpaired) electrons. The summed E-state index contributed by atoms with van der Waals surface area (Å²) in [6, 6.07) is 7.59. The van der Waals surface area contributed by atoms with Gasteiger partial charge >= 0.3 is 6.09 Å². The van der Waals surface area contributed by atoms with Crippen molar-refractivity contribution < 1.29 is 15.0 Å². The summed E-state index contributed by atoms with van der Waals surface area (Å²) in [6.07, 6.45) is 4.19. The minimum Gasteiger partial charge on any atom is -0.465 e. The highest BCUT2D eigenvalue weighted by Gasteiger charge is 2.33. The van der Waals surface area contributed by atoms with E-state index >= 15 is 0 Å². The molecule has 0 aromatic heterocycles. The van der Waals surface area contributed by atoms with Crippen LogP contribution in [-0.2, 0) is 0 Å². The first-order valence-electron chi connectivity index (χ1n) is 7.17. The molecule has 2 aliphatic rings. The molecular weight excluding hydrogens is 254 g/mol. The number of aliphatic hydroxyl groups is 1.